The van der Waals surface area contributed by atoms with E-state index in [0.717, 1.165) is 5.57 Å². The number of phosphoric ester groups is 1. The van der Waals surface area contributed by atoms with Crippen LogP contribution in [0.4, 0.5) is 0 Å². The Morgan fingerprint density at radius 2 is 1.90 bits per heavy atom. The first kappa shape index (κ1) is 27.8. The Balaban J connectivity index is 2.77. The Kier molecular flexibility index (Phi) is 10.4. The number of nitrogens with zero attached hydrogens (tertiary/aromatic N) is 1. The molecule has 0 heterocycles. The summed E-state index contributed by atoms with van der Waals surface area (Å²) < 4.78 is 16.6. The van der Waals surface area contributed by atoms with E-state index in [1.54, 1.807) is 0 Å². The minimum Gasteiger partial charge on any atom is -0.756 e. The number of allylic oxidation sites excluding steroid dienone is 9. The third-order valence-electron chi connectivity index (χ3n) is 5.51. The zero-order valence-electron chi connectivity index (χ0n) is 20.6. The van der Waals surface area contributed by atoms with Gasteiger partial charge in [-0.25, -0.2) is 0 Å². The van der Waals surface area contributed by atoms with Crippen LogP contribution in [-0.2, 0) is 9.09 Å². The smallest absolute Gasteiger partial charge is 0.265 e. The van der Waals surface area contributed by atoms with Crippen LogP contribution in [0.5, 0.6) is 0 Å². The second-order valence-electron chi connectivity index (χ2n) is 10.4. The molecule has 0 fully saturated rings. The summed E-state index contributed by atoms with van der Waals surface area (Å²) in [6.45, 7) is 11.4. The zero-order valence-corrected chi connectivity index (χ0v) is 21.5. The van der Waals surface area contributed by atoms with Crippen LogP contribution < -0.4 is 4.89 Å². The molecule has 0 saturated carbocycles. The van der Waals surface area contributed by atoms with Gasteiger partial charge in [0.05, 0.1) is 21.1 Å². The molecule has 0 aliphatic heterocycles. The summed E-state index contributed by atoms with van der Waals surface area (Å²) in [5.41, 5.74) is 5.36. The maximum Gasteiger partial charge on any atom is 0.265 e. The molecule has 31 heavy (non-hydrogen) atoms. The van der Waals surface area contributed by atoms with Gasteiger partial charge in [0.2, 0.25) is 0 Å². The molecule has 1 aliphatic carbocycles. The number of quaternary nitrogens is 1. The quantitative estimate of drug-likeness (QED) is 0.272. The lowest BCUT2D eigenvalue weighted by Gasteiger charge is -2.32. The van der Waals surface area contributed by atoms with E-state index in [1.165, 1.54) is 36.0 Å². The molecule has 176 valence electrons. The maximum absolute atomic E-state index is 11.2. The van der Waals surface area contributed by atoms with Gasteiger partial charge in [-0.3, -0.25) is 4.57 Å². The van der Waals surface area contributed by atoms with Crippen LogP contribution in [0.15, 0.2) is 58.7 Å². The van der Waals surface area contributed by atoms with E-state index in [0.29, 0.717) is 17.4 Å². The SMILES string of the molecule is CC(C=CC1=C(C)CCCC1(C)C)=CC=CC(C)=CCC(C[N+](C)(C)C)OP(=O)([O-])O. The summed E-state index contributed by atoms with van der Waals surface area (Å²) >= 11 is 0. The molecule has 0 aromatic rings. The molecule has 0 aromatic carbocycles. The first-order valence-corrected chi connectivity index (χ1v) is 12.5. The van der Waals surface area contributed by atoms with Crippen molar-refractivity contribution < 1.29 is 23.4 Å². The van der Waals surface area contributed by atoms with Crippen LogP contribution in [-0.4, -0.2) is 43.2 Å². The van der Waals surface area contributed by atoms with Crippen molar-refractivity contribution in [1.29, 1.82) is 0 Å². The molecule has 0 radical (unpaired) electrons. The lowest BCUT2D eigenvalue weighted by Crippen LogP contribution is -2.42. The van der Waals surface area contributed by atoms with E-state index in [9.17, 15) is 9.46 Å². The summed E-state index contributed by atoms with van der Waals surface area (Å²) in [6, 6.07) is 0. The number of phosphoric acid groups is 1. The van der Waals surface area contributed by atoms with E-state index in [1.807, 2.05) is 46.3 Å². The molecule has 0 spiro atoms. The highest BCUT2D eigenvalue weighted by Crippen LogP contribution is 2.40. The molecule has 5 nitrogen and oxygen atoms in total. The molecular formula is C25H42NO4P. The Morgan fingerprint density at radius 3 is 2.45 bits per heavy atom. The molecule has 2 atom stereocenters. The van der Waals surface area contributed by atoms with E-state index in [4.69, 9.17) is 9.42 Å². The van der Waals surface area contributed by atoms with Gasteiger partial charge in [-0.05, 0) is 57.4 Å². The minimum atomic E-state index is -4.76. The topological polar surface area (TPSA) is 69.6 Å². The fourth-order valence-electron chi connectivity index (χ4n) is 3.97. The second kappa shape index (κ2) is 11.6. The van der Waals surface area contributed by atoms with Crippen LogP contribution in [0.25, 0.3) is 0 Å². The summed E-state index contributed by atoms with van der Waals surface area (Å²) in [7, 11) is 1.09. The predicted octanol–water partition coefficient (Wildman–Crippen LogP) is 5.46. The van der Waals surface area contributed by atoms with Gasteiger partial charge < -0.3 is 18.8 Å². The Hall–Kier alpha value is -1.23. The molecule has 0 bridgehead atoms. The fraction of sp³-hybridized carbons (Fsp3) is 0.600. The van der Waals surface area contributed by atoms with Gasteiger partial charge in [-0.15, -0.1) is 0 Å². The average Bonchev–Trinajstić information content (AvgIpc) is 2.56. The van der Waals surface area contributed by atoms with Crippen molar-refractivity contribution in [2.75, 3.05) is 27.7 Å². The highest BCUT2D eigenvalue weighted by atomic mass is 31.2. The van der Waals surface area contributed by atoms with Gasteiger partial charge in [0.15, 0.2) is 0 Å². The van der Waals surface area contributed by atoms with Crippen molar-refractivity contribution in [1.82, 2.24) is 0 Å². The third kappa shape index (κ3) is 11.8. The lowest BCUT2D eigenvalue weighted by atomic mass is 9.72. The number of likely N-dealkylation sites (N-methyl/N-ethyl adjacent to an activating group) is 1. The standard InChI is InChI=1S/C25H42NO4P/c1-20(14-16-23(19-26(6,7)8)30-31(27,28)29)11-9-12-21(2)15-17-24-22(3)13-10-18-25(24,4)5/h9,11-12,14-15,17,23H,10,13,16,18-19H2,1-8H3,(H-,27,28,29). The van der Waals surface area contributed by atoms with Crippen molar-refractivity contribution in [3.05, 3.63) is 58.7 Å². The summed E-state index contributed by atoms with van der Waals surface area (Å²) in [5, 5.41) is 0. The molecule has 1 rings (SSSR count). The molecule has 2 unspecified atom stereocenters. The van der Waals surface area contributed by atoms with Crippen molar-refractivity contribution in [2.24, 2.45) is 5.41 Å². The van der Waals surface area contributed by atoms with Gasteiger partial charge >= 0.3 is 0 Å². The summed E-state index contributed by atoms with van der Waals surface area (Å²) in [6.07, 6.45) is 15.9. The van der Waals surface area contributed by atoms with Gasteiger partial charge in [-0.1, -0.05) is 67.0 Å². The van der Waals surface area contributed by atoms with Crippen LogP contribution in [0.1, 0.15) is 60.3 Å². The molecular weight excluding hydrogens is 409 g/mol. The fourth-order valence-corrected chi connectivity index (χ4v) is 4.50. The molecule has 6 heteroatoms. The monoisotopic (exact) mass is 451 g/mol. The Bertz CT molecular complexity index is 804. The highest BCUT2D eigenvalue weighted by molar-refractivity contribution is 7.44. The van der Waals surface area contributed by atoms with Gasteiger partial charge in [0, 0.05) is 0 Å². The van der Waals surface area contributed by atoms with Crippen LogP contribution in [0.3, 0.4) is 0 Å². The maximum atomic E-state index is 11.2. The van der Waals surface area contributed by atoms with E-state index < -0.39 is 13.9 Å². The molecule has 1 aliphatic rings. The lowest BCUT2D eigenvalue weighted by molar-refractivity contribution is -0.873. The predicted molar refractivity (Wildman–Crippen MR) is 128 cm³/mol. The van der Waals surface area contributed by atoms with Gasteiger partial charge in [0.25, 0.3) is 7.82 Å². The van der Waals surface area contributed by atoms with E-state index >= 15 is 0 Å². The minimum absolute atomic E-state index is 0.237. The van der Waals surface area contributed by atoms with Gasteiger partial charge in [0.1, 0.15) is 12.6 Å². The first-order valence-electron chi connectivity index (χ1n) is 11.0. The Morgan fingerprint density at radius 1 is 1.26 bits per heavy atom. The van der Waals surface area contributed by atoms with E-state index in [-0.39, 0.29) is 5.41 Å². The summed E-state index contributed by atoms with van der Waals surface area (Å²) in [5.74, 6) is 0. The van der Waals surface area contributed by atoms with Crippen molar-refractivity contribution >= 4 is 7.82 Å². The van der Waals surface area contributed by atoms with Crippen molar-refractivity contribution in [2.45, 2.75) is 66.4 Å². The largest absolute Gasteiger partial charge is 0.756 e. The third-order valence-corrected chi connectivity index (χ3v) is 6.07. The summed E-state index contributed by atoms with van der Waals surface area (Å²) in [4.78, 5) is 20.2. The first-order chi connectivity index (χ1) is 14.1. The van der Waals surface area contributed by atoms with Gasteiger partial charge in [-0.2, -0.15) is 0 Å². The van der Waals surface area contributed by atoms with Crippen molar-refractivity contribution in [3.8, 4) is 0 Å². The molecule has 0 saturated heterocycles. The zero-order chi connectivity index (χ0) is 23.9. The number of hydrogen-bond donors (Lipinski definition) is 1. The number of rotatable bonds is 10. The van der Waals surface area contributed by atoms with Crippen LogP contribution >= 0.6 is 7.82 Å². The molecule has 0 amide bonds. The van der Waals surface area contributed by atoms with Crippen LogP contribution in [0.2, 0.25) is 0 Å². The molecule has 0 aromatic heterocycles. The van der Waals surface area contributed by atoms with E-state index in [2.05, 4.69) is 45.9 Å². The van der Waals surface area contributed by atoms with Crippen molar-refractivity contribution in [3.63, 3.8) is 0 Å². The van der Waals surface area contributed by atoms with Crippen LogP contribution in [0, 0.1) is 5.41 Å². The second-order valence-corrected chi connectivity index (χ2v) is 11.5. The normalized spacial score (nSPS) is 21.7. The Labute approximate surface area is 189 Å². The molecule has 1 N–H and O–H groups in total. The average molecular weight is 452 g/mol. The number of hydrogen-bond acceptors (Lipinski definition) is 3. The highest BCUT2D eigenvalue weighted by Gasteiger charge is 2.26.